The molecule has 1 aliphatic heterocycles. The zero-order valence-electron chi connectivity index (χ0n) is 14.8. The molecule has 0 unspecified atom stereocenters. The summed E-state index contributed by atoms with van der Waals surface area (Å²) >= 11 is 0. The van der Waals surface area contributed by atoms with Gasteiger partial charge in [-0.15, -0.1) is 0 Å². The second kappa shape index (κ2) is 7.74. The summed E-state index contributed by atoms with van der Waals surface area (Å²) in [5, 5.41) is 2.43. The fraction of sp³-hybridized carbons (Fsp3) is 0.389. The lowest BCUT2D eigenvalue weighted by atomic mass is 10.2. The maximum Gasteiger partial charge on any atom is 0.274 e. The van der Waals surface area contributed by atoms with Crippen molar-refractivity contribution in [2.45, 2.75) is 13.8 Å². The van der Waals surface area contributed by atoms with Crippen molar-refractivity contribution in [3.63, 3.8) is 0 Å². The van der Waals surface area contributed by atoms with Crippen LogP contribution in [0.5, 0.6) is 0 Å². The predicted molar refractivity (Wildman–Crippen MR) is 95.4 cm³/mol. The lowest BCUT2D eigenvalue weighted by Gasteiger charge is -2.34. The van der Waals surface area contributed by atoms with Crippen LogP contribution < -0.4 is 10.2 Å². The van der Waals surface area contributed by atoms with E-state index in [0.717, 1.165) is 44.9 Å². The van der Waals surface area contributed by atoms with E-state index in [1.54, 1.807) is 13.0 Å². The van der Waals surface area contributed by atoms with Crippen molar-refractivity contribution >= 4 is 17.5 Å². The summed E-state index contributed by atoms with van der Waals surface area (Å²) in [4.78, 5) is 25.6. The molecule has 1 aliphatic rings. The largest absolute Gasteiger partial charge is 0.338 e. The maximum atomic E-state index is 13.7. The number of hydrogen-bond donors (Lipinski definition) is 1. The van der Waals surface area contributed by atoms with Gasteiger partial charge in [0.25, 0.3) is 5.91 Å². The van der Waals surface area contributed by atoms with Crippen LogP contribution in [0.15, 0.2) is 24.3 Å². The van der Waals surface area contributed by atoms with Gasteiger partial charge in [-0.25, -0.2) is 18.7 Å². The average molecular weight is 361 g/mol. The lowest BCUT2D eigenvalue weighted by Crippen LogP contribution is -2.47. The third-order valence-electron chi connectivity index (χ3n) is 4.36. The second-order valence-electron chi connectivity index (χ2n) is 6.19. The minimum atomic E-state index is -0.833. The van der Waals surface area contributed by atoms with Crippen molar-refractivity contribution < 1.29 is 13.6 Å². The first-order valence-corrected chi connectivity index (χ1v) is 8.55. The number of carbonyl (C=O) groups is 1. The zero-order valence-corrected chi connectivity index (χ0v) is 14.8. The molecule has 0 saturated carbocycles. The van der Waals surface area contributed by atoms with E-state index >= 15 is 0 Å². The topological polar surface area (TPSA) is 61.4 Å². The van der Waals surface area contributed by atoms with Gasteiger partial charge < -0.3 is 15.1 Å². The van der Waals surface area contributed by atoms with Crippen LogP contribution >= 0.6 is 0 Å². The molecule has 0 radical (unpaired) electrons. The third kappa shape index (κ3) is 4.13. The highest BCUT2D eigenvalue weighted by Gasteiger charge is 2.20. The molecule has 8 heteroatoms. The second-order valence-corrected chi connectivity index (χ2v) is 6.19. The molecule has 0 aliphatic carbocycles. The number of aryl methyl sites for hydroxylation is 1. The number of rotatable bonds is 4. The van der Waals surface area contributed by atoms with Crippen LogP contribution in [0.4, 0.5) is 20.4 Å². The first-order valence-electron chi connectivity index (χ1n) is 8.55. The minimum Gasteiger partial charge on any atom is -0.338 e. The highest BCUT2D eigenvalue weighted by Crippen LogP contribution is 2.17. The fourth-order valence-electron chi connectivity index (χ4n) is 2.85. The molecule has 138 valence electrons. The van der Waals surface area contributed by atoms with E-state index in [-0.39, 0.29) is 11.4 Å². The SMILES string of the molecule is CCN1CCN(c2nc(C)cc(C(=O)Nc3ccc(F)cc3F)n2)CC1. The molecule has 3 rings (SSSR count). The number of hydrogen-bond acceptors (Lipinski definition) is 5. The Morgan fingerprint density at radius 3 is 2.54 bits per heavy atom. The summed E-state index contributed by atoms with van der Waals surface area (Å²) in [6, 6.07) is 4.53. The number of nitrogens with zero attached hydrogens (tertiary/aromatic N) is 4. The lowest BCUT2D eigenvalue weighted by molar-refractivity contribution is 0.102. The predicted octanol–water partition coefficient (Wildman–Crippen LogP) is 2.46. The average Bonchev–Trinajstić information content (AvgIpc) is 2.63. The number of piperazine rings is 1. The van der Waals surface area contributed by atoms with Crippen molar-refractivity contribution in [3.05, 3.63) is 47.3 Å². The summed E-state index contributed by atoms with van der Waals surface area (Å²) < 4.78 is 26.7. The Morgan fingerprint density at radius 2 is 1.88 bits per heavy atom. The van der Waals surface area contributed by atoms with E-state index in [2.05, 4.69) is 27.1 Å². The normalized spacial score (nSPS) is 15.2. The molecule has 1 aromatic carbocycles. The highest BCUT2D eigenvalue weighted by molar-refractivity contribution is 6.03. The van der Waals surface area contributed by atoms with Crippen molar-refractivity contribution in [1.29, 1.82) is 0 Å². The molecule has 1 N–H and O–H groups in total. The minimum absolute atomic E-state index is 0.0919. The Morgan fingerprint density at radius 1 is 1.15 bits per heavy atom. The first-order chi connectivity index (χ1) is 12.5. The van der Waals surface area contributed by atoms with Crippen LogP contribution in [0.1, 0.15) is 23.1 Å². The molecule has 26 heavy (non-hydrogen) atoms. The monoisotopic (exact) mass is 361 g/mol. The number of likely N-dealkylation sites (N-methyl/N-ethyl adjacent to an activating group) is 1. The van der Waals surface area contributed by atoms with E-state index in [1.807, 2.05) is 4.90 Å². The molecule has 0 spiro atoms. The fourth-order valence-corrected chi connectivity index (χ4v) is 2.85. The number of aromatic nitrogens is 2. The Kier molecular flexibility index (Phi) is 5.41. The van der Waals surface area contributed by atoms with Crippen LogP contribution in [-0.2, 0) is 0 Å². The summed E-state index contributed by atoms with van der Waals surface area (Å²) in [7, 11) is 0. The Bertz CT molecular complexity index is 806. The molecular weight excluding hydrogens is 340 g/mol. The maximum absolute atomic E-state index is 13.7. The third-order valence-corrected chi connectivity index (χ3v) is 4.36. The molecule has 0 atom stereocenters. The van der Waals surface area contributed by atoms with E-state index in [1.165, 1.54) is 6.07 Å². The quantitative estimate of drug-likeness (QED) is 0.906. The molecular formula is C18H21F2N5O. The van der Waals surface area contributed by atoms with Crippen LogP contribution in [0.25, 0.3) is 0 Å². The number of carbonyl (C=O) groups excluding carboxylic acids is 1. The van der Waals surface area contributed by atoms with Crippen molar-refractivity contribution in [1.82, 2.24) is 14.9 Å². The molecule has 6 nitrogen and oxygen atoms in total. The summed E-state index contributed by atoms with van der Waals surface area (Å²) in [5.41, 5.74) is 0.706. The molecule has 1 saturated heterocycles. The summed E-state index contributed by atoms with van der Waals surface area (Å²) in [5.74, 6) is -1.60. The van der Waals surface area contributed by atoms with Gasteiger partial charge in [0.05, 0.1) is 5.69 Å². The van der Waals surface area contributed by atoms with Gasteiger partial charge in [0.1, 0.15) is 17.3 Å². The molecule has 2 heterocycles. The van der Waals surface area contributed by atoms with Gasteiger partial charge in [0.15, 0.2) is 0 Å². The molecule has 1 fully saturated rings. The van der Waals surface area contributed by atoms with Gasteiger partial charge >= 0.3 is 0 Å². The Hall–Kier alpha value is -2.61. The van der Waals surface area contributed by atoms with Gasteiger partial charge in [0.2, 0.25) is 5.95 Å². The van der Waals surface area contributed by atoms with Crippen LogP contribution in [0.2, 0.25) is 0 Å². The van der Waals surface area contributed by atoms with Crippen LogP contribution in [0.3, 0.4) is 0 Å². The van der Waals surface area contributed by atoms with E-state index < -0.39 is 17.5 Å². The van der Waals surface area contributed by atoms with Gasteiger partial charge in [0, 0.05) is 37.9 Å². The van der Waals surface area contributed by atoms with Crippen molar-refractivity contribution in [3.8, 4) is 0 Å². The Labute approximate surface area is 150 Å². The summed E-state index contributed by atoms with van der Waals surface area (Å²) in [6.07, 6.45) is 0. The van der Waals surface area contributed by atoms with Crippen LogP contribution in [-0.4, -0.2) is 53.5 Å². The van der Waals surface area contributed by atoms with Crippen molar-refractivity contribution in [2.75, 3.05) is 42.9 Å². The van der Waals surface area contributed by atoms with E-state index in [0.29, 0.717) is 11.6 Å². The van der Waals surface area contributed by atoms with Crippen LogP contribution in [0, 0.1) is 18.6 Å². The molecule has 0 bridgehead atoms. The van der Waals surface area contributed by atoms with Gasteiger partial charge in [-0.05, 0) is 31.7 Å². The highest BCUT2D eigenvalue weighted by atomic mass is 19.1. The van der Waals surface area contributed by atoms with Gasteiger partial charge in [-0.1, -0.05) is 6.92 Å². The smallest absolute Gasteiger partial charge is 0.274 e. The zero-order chi connectivity index (χ0) is 18.7. The Balaban J connectivity index is 1.77. The number of nitrogens with one attached hydrogen (secondary N) is 1. The van der Waals surface area contributed by atoms with E-state index in [9.17, 15) is 13.6 Å². The first kappa shape index (κ1) is 18.2. The number of anilines is 2. The number of halogens is 2. The van der Waals surface area contributed by atoms with Crippen molar-refractivity contribution in [2.24, 2.45) is 0 Å². The standard InChI is InChI=1S/C18H21F2N5O/c1-3-24-6-8-25(9-7-24)18-21-12(2)10-16(23-18)17(26)22-15-5-4-13(19)11-14(15)20/h4-5,10-11H,3,6-9H2,1-2H3,(H,22,26). The summed E-state index contributed by atoms with van der Waals surface area (Å²) in [6.45, 7) is 8.29. The van der Waals surface area contributed by atoms with Gasteiger partial charge in [-0.3, -0.25) is 4.79 Å². The number of amides is 1. The van der Waals surface area contributed by atoms with Gasteiger partial charge in [-0.2, -0.15) is 0 Å². The number of benzene rings is 1. The molecule has 1 amide bonds. The van der Waals surface area contributed by atoms with E-state index in [4.69, 9.17) is 0 Å². The molecule has 2 aromatic rings. The molecule has 1 aromatic heterocycles.